The summed E-state index contributed by atoms with van der Waals surface area (Å²) < 4.78 is 5.35. The second kappa shape index (κ2) is 12.9. The molecule has 1 aromatic rings. The second-order valence-corrected chi connectivity index (χ2v) is 10.9. The first-order valence-corrected chi connectivity index (χ1v) is 12.9. The van der Waals surface area contributed by atoms with Gasteiger partial charge in [0, 0.05) is 11.6 Å². The predicted octanol–water partition coefficient (Wildman–Crippen LogP) is 5.53. The fraction of sp³-hybridized carbons (Fsp3) is 0.679. The van der Waals surface area contributed by atoms with E-state index in [0.717, 1.165) is 30.4 Å². The van der Waals surface area contributed by atoms with E-state index < -0.39 is 29.3 Å². The van der Waals surface area contributed by atoms with Gasteiger partial charge < -0.3 is 20.3 Å². The van der Waals surface area contributed by atoms with Crippen molar-refractivity contribution in [1.82, 2.24) is 15.5 Å². The molecule has 7 nitrogen and oxygen atoms in total. The Morgan fingerprint density at radius 3 is 1.97 bits per heavy atom. The van der Waals surface area contributed by atoms with Gasteiger partial charge in [0.05, 0.1) is 0 Å². The third-order valence-corrected chi connectivity index (χ3v) is 6.18. The van der Waals surface area contributed by atoms with E-state index in [-0.39, 0.29) is 17.9 Å². The molecule has 1 rings (SSSR count). The summed E-state index contributed by atoms with van der Waals surface area (Å²) in [5.41, 5.74) is 0.552. The summed E-state index contributed by atoms with van der Waals surface area (Å²) in [6.45, 7) is 18.9. The van der Waals surface area contributed by atoms with Crippen molar-refractivity contribution in [2.75, 3.05) is 0 Å². The number of carbonyl (C=O) groups is 3. The first-order valence-electron chi connectivity index (χ1n) is 12.9. The van der Waals surface area contributed by atoms with Crippen molar-refractivity contribution in [3.05, 3.63) is 35.4 Å². The maximum absolute atomic E-state index is 13.9. The lowest BCUT2D eigenvalue weighted by atomic mass is 9.91. The van der Waals surface area contributed by atoms with Crippen LogP contribution >= 0.6 is 0 Å². The van der Waals surface area contributed by atoms with E-state index in [4.69, 9.17) is 4.74 Å². The number of carbonyl (C=O) groups excluding carboxylic acids is 3. The normalized spacial score (nSPS) is 14.5. The second-order valence-electron chi connectivity index (χ2n) is 10.9. The third kappa shape index (κ3) is 9.19. The number of benzene rings is 1. The van der Waals surface area contributed by atoms with E-state index in [1.165, 1.54) is 0 Å². The van der Waals surface area contributed by atoms with E-state index in [9.17, 15) is 14.4 Å². The van der Waals surface area contributed by atoms with Gasteiger partial charge in [-0.3, -0.25) is 9.59 Å². The Morgan fingerprint density at radius 2 is 1.51 bits per heavy atom. The van der Waals surface area contributed by atoms with Gasteiger partial charge >= 0.3 is 6.09 Å². The average molecular weight is 490 g/mol. The fourth-order valence-electron chi connectivity index (χ4n) is 3.88. The molecule has 3 amide bonds. The lowest BCUT2D eigenvalue weighted by Crippen LogP contribution is -2.59. The van der Waals surface area contributed by atoms with Crippen molar-refractivity contribution < 1.29 is 19.1 Å². The number of nitrogens with one attached hydrogen (secondary N) is 2. The summed E-state index contributed by atoms with van der Waals surface area (Å²) in [6, 6.07) is 6.09. The summed E-state index contributed by atoms with van der Waals surface area (Å²) >= 11 is 0. The van der Waals surface area contributed by atoms with Gasteiger partial charge in [-0.05, 0) is 78.9 Å². The van der Waals surface area contributed by atoms with Gasteiger partial charge in [0.1, 0.15) is 17.7 Å². The van der Waals surface area contributed by atoms with Crippen LogP contribution in [0, 0.1) is 0 Å². The molecule has 0 aliphatic heterocycles. The maximum Gasteiger partial charge on any atom is 0.408 e. The minimum absolute atomic E-state index is 0.0242. The number of aryl methyl sites for hydroxylation is 1. The van der Waals surface area contributed by atoms with Crippen LogP contribution < -0.4 is 10.6 Å². The Morgan fingerprint density at radius 1 is 0.943 bits per heavy atom. The number of alkyl carbamates (subject to hydrolysis) is 1. The van der Waals surface area contributed by atoms with Gasteiger partial charge in [0.15, 0.2) is 0 Å². The van der Waals surface area contributed by atoms with Crippen LogP contribution in [-0.4, -0.2) is 46.0 Å². The highest BCUT2D eigenvalue weighted by Crippen LogP contribution is 2.32. The third-order valence-electron chi connectivity index (χ3n) is 6.18. The molecule has 0 saturated heterocycles. The molecular weight excluding hydrogens is 442 g/mol. The molecular formula is C28H47N3O4. The fourth-order valence-corrected chi connectivity index (χ4v) is 3.88. The number of nitrogens with zero attached hydrogens (tertiary/aromatic N) is 1. The predicted molar refractivity (Wildman–Crippen MR) is 141 cm³/mol. The molecule has 0 fully saturated rings. The molecule has 0 saturated carbocycles. The molecule has 0 aromatic heterocycles. The molecule has 0 spiro atoms. The Hall–Kier alpha value is -2.57. The Kier molecular flexibility index (Phi) is 11.3. The van der Waals surface area contributed by atoms with Crippen LogP contribution in [0.1, 0.15) is 106 Å². The highest BCUT2D eigenvalue weighted by atomic mass is 16.6. The molecule has 1 aromatic carbocycles. The van der Waals surface area contributed by atoms with Crippen LogP contribution in [0.5, 0.6) is 0 Å². The summed E-state index contributed by atoms with van der Waals surface area (Å²) in [5.74, 6) is -0.569. The molecule has 0 aliphatic rings. The zero-order valence-corrected chi connectivity index (χ0v) is 23.5. The Bertz CT molecular complexity index is 843. The summed E-state index contributed by atoms with van der Waals surface area (Å²) in [4.78, 5) is 41.6. The smallest absolute Gasteiger partial charge is 0.408 e. The van der Waals surface area contributed by atoms with Crippen molar-refractivity contribution in [2.24, 2.45) is 0 Å². The topological polar surface area (TPSA) is 87.7 Å². The van der Waals surface area contributed by atoms with Gasteiger partial charge in [0.2, 0.25) is 11.8 Å². The average Bonchev–Trinajstić information content (AvgIpc) is 2.75. The van der Waals surface area contributed by atoms with E-state index in [1.807, 2.05) is 52.0 Å². The molecule has 0 aliphatic carbocycles. The largest absolute Gasteiger partial charge is 0.444 e. The Labute approximate surface area is 212 Å². The highest BCUT2D eigenvalue weighted by molar-refractivity contribution is 5.92. The van der Waals surface area contributed by atoms with E-state index in [1.54, 1.807) is 32.6 Å². The molecule has 3 atom stereocenters. The van der Waals surface area contributed by atoms with Crippen molar-refractivity contribution in [2.45, 2.75) is 124 Å². The van der Waals surface area contributed by atoms with Crippen LogP contribution in [0.3, 0.4) is 0 Å². The van der Waals surface area contributed by atoms with Gasteiger partial charge in [-0.15, -0.1) is 0 Å². The van der Waals surface area contributed by atoms with Gasteiger partial charge in [-0.25, -0.2) is 4.79 Å². The van der Waals surface area contributed by atoms with Crippen LogP contribution in [0.2, 0.25) is 0 Å². The SMILES string of the molecule is CCCC(C)NC(=O)C(c1ccc(CC)cc1)N(C(=O)C(C)NC(=O)OC(C)(C)C)C(C)(C)CC. The minimum Gasteiger partial charge on any atom is -0.444 e. The van der Waals surface area contributed by atoms with Crippen molar-refractivity contribution in [1.29, 1.82) is 0 Å². The number of hydrogen-bond donors (Lipinski definition) is 2. The molecule has 35 heavy (non-hydrogen) atoms. The molecule has 2 N–H and O–H groups in total. The number of rotatable bonds is 11. The standard InChI is InChI=1S/C28H47N3O4/c1-11-14-19(4)29-24(32)23(22-17-15-21(12-2)16-18-22)31(28(9,10)13-3)25(33)20(5)30-26(34)35-27(6,7)8/h15-20,23H,11-14H2,1-10H3,(H,29,32)(H,30,34). The van der Waals surface area contributed by atoms with Gasteiger partial charge in [0.25, 0.3) is 0 Å². The van der Waals surface area contributed by atoms with Crippen LogP contribution in [0.15, 0.2) is 24.3 Å². The number of ether oxygens (including phenoxy) is 1. The maximum atomic E-state index is 13.9. The number of amides is 3. The number of hydrogen-bond acceptors (Lipinski definition) is 4. The molecule has 198 valence electrons. The Balaban J connectivity index is 3.47. The zero-order valence-electron chi connectivity index (χ0n) is 23.5. The van der Waals surface area contributed by atoms with Crippen LogP contribution in [0.4, 0.5) is 4.79 Å². The zero-order chi connectivity index (χ0) is 27.0. The molecule has 0 bridgehead atoms. The minimum atomic E-state index is -0.881. The van der Waals surface area contributed by atoms with Crippen molar-refractivity contribution >= 4 is 17.9 Å². The van der Waals surface area contributed by atoms with E-state index in [2.05, 4.69) is 24.5 Å². The lowest BCUT2D eigenvalue weighted by Gasteiger charge is -2.44. The molecule has 0 radical (unpaired) electrons. The molecule has 0 heterocycles. The molecule has 3 unspecified atom stereocenters. The van der Waals surface area contributed by atoms with Gasteiger partial charge in [-0.2, -0.15) is 0 Å². The van der Waals surface area contributed by atoms with Crippen LogP contribution in [-0.2, 0) is 20.7 Å². The van der Waals surface area contributed by atoms with Crippen molar-refractivity contribution in [3.63, 3.8) is 0 Å². The summed E-state index contributed by atoms with van der Waals surface area (Å²) in [6.07, 6.45) is 2.62. The first-order chi connectivity index (χ1) is 16.2. The highest BCUT2D eigenvalue weighted by Gasteiger charge is 2.42. The quantitative estimate of drug-likeness (QED) is 0.428. The van der Waals surface area contributed by atoms with Crippen molar-refractivity contribution in [3.8, 4) is 0 Å². The molecule has 7 heteroatoms. The van der Waals surface area contributed by atoms with Gasteiger partial charge in [-0.1, -0.05) is 51.5 Å². The lowest BCUT2D eigenvalue weighted by molar-refractivity contribution is -0.149. The summed E-state index contributed by atoms with van der Waals surface area (Å²) in [5, 5.41) is 5.76. The van der Waals surface area contributed by atoms with E-state index in [0.29, 0.717) is 6.42 Å². The monoisotopic (exact) mass is 489 g/mol. The van der Waals surface area contributed by atoms with Crippen LogP contribution in [0.25, 0.3) is 0 Å². The first kappa shape index (κ1) is 30.5. The van der Waals surface area contributed by atoms with E-state index >= 15 is 0 Å². The summed E-state index contributed by atoms with van der Waals surface area (Å²) in [7, 11) is 0.